The van der Waals surface area contributed by atoms with Crippen LogP contribution in [0.1, 0.15) is 27.0 Å². The van der Waals surface area contributed by atoms with Crippen LogP contribution in [-0.4, -0.2) is 31.8 Å². The zero-order valence-electron chi connectivity index (χ0n) is 17.5. The summed E-state index contributed by atoms with van der Waals surface area (Å²) in [5.74, 6) is 0.339. The molecule has 3 aromatic carbocycles. The first-order valence-electron chi connectivity index (χ1n) is 10.2. The lowest BCUT2D eigenvalue weighted by atomic mass is 10.1. The predicted molar refractivity (Wildman–Crippen MR) is 123 cm³/mol. The molecule has 0 unspecified atom stereocenters. The van der Waals surface area contributed by atoms with Crippen LogP contribution in [0.25, 0.3) is 0 Å². The Morgan fingerprint density at radius 1 is 1.09 bits per heavy atom. The molecule has 1 heterocycles. The maximum atomic E-state index is 13.1. The fourth-order valence-electron chi connectivity index (χ4n) is 3.48. The van der Waals surface area contributed by atoms with E-state index in [9.17, 15) is 13.2 Å². The summed E-state index contributed by atoms with van der Waals surface area (Å²) in [5.41, 5.74) is 3.24. The van der Waals surface area contributed by atoms with Crippen molar-refractivity contribution in [2.75, 3.05) is 13.2 Å². The topological polar surface area (TPSA) is 75.7 Å². The van der Waals surface area contributed by atoms with E-state index in [1.165, 1.54) is 16.4 Å². The van der Waals surface area contributed by atoms with Crippen LogP contribution in [0.5, 0.6) is 5.75 Å². The third kappa shape index (κ3) is 4.96. The lowest BCUT2D eigenvalue weighted by molar-refractivity contribution is 0.0950. The number of rotatable bonds is 5. The minimum Gasteiger partial charge on any atom is -0.492 e. The van der Waals surface area contributed by atoms with Gasteiger partial charge in [-0.25, -0.2) is 8.42 Å². The second-order valence-corrected chi connectivity index (χ2v) is 10.0. The quantitative estimate of drug-likeness (QED) is 0.607. The van der Waals surface area contributed by atoms with Gasteiger partial charge in [0, 0.05) is 35.8 Å². The summed E-state index contributed by atoms with van der Waals surface area (Å²) in [6, 6.07) is 19.2. The smallest absolute Gasteiger partial charge is 0.251 e. The number of hydrogen-bond acceptors (Lipinski definition) is 4. The first kappa shape index (κ1) is 22.3. The van der Waals surface area contributed by atoms with Crippen molar-refractivity contribution in [1.82, 2.24) is 9.62 Å². The Morgan fingerprint density at radius 2 is 1.88 bits per heavy atom. The summed E-state index contributed by atoms with van der Waals surface area (Å²) >= 11 is 5.99. The minimum absolute atomic E-state index is 0.100. The van der Waals surface area contributed by atoms with Crippen molar-refractivity contribution in [1.29, 1.82) is 0 Å². The van der Waals surface area contributed by atoms with Crippen molar-refractivity contribution in [2.24, 2.45) is 0 Å². The summed E-state index contributed by atoms with van der Waals surface area (Å²) in [7, 11) is -3.77. The number of hydrogen-bond donors (Lipinski definition) is 1. The van der Waals surface area contributed by atoms with Crippen molar-refractivity contribution in [3.8, 4) is 5.75 Å². The SMILES string of the molecule is Cc1ccc(CNC(=O)c2ccc3c(c2)CN(S(=O)(=O)c2cccc(Cl)c2)CCO3)cc1. The van der Waals surface area contributed by atoms with Gasteiger partial charge in [0.05, 0.1) is 4.90 Å². The molecule has 8 heteroatoms. The molecule has 32 heavy (non-hydrogen) atoms. The average Bonchev–Trinajstić information content (AvgIpc) is 3.01. The van der Waals surface area contributed by atoms with E-state index in [1.807, 2.05) is 31.2 Å². The fourth-order valence-corrected chi connectivity index (χ4v) is 5.19. The normalized spacial score (nSPS) is 14.2. The number of carbonyl (C=O) groups is 1. The Morgan fingerprint density at radius 3 is 2.62 bits per heavy atom. The van der Waals surface area contributed by atoms with Gasteiger partial charge in [-0.2, -0.15) is 4.31 Å². The number of ether oxygens (including phenoxy) is 1. The summed E-state index contributed by atoms with van der Waals surface area (Å²) in [6.45, 7) is 2.92. The number of sulfonamides is 1. The van der Waals surface area contributed by atoms with Crippen molar-refractivity contribution >= 4 is 27.5 Å². The van der Waals surface area contributed by atoms with Crippen LogP contribution in [0.3, 0.4) is 0 Å². The Hall–Kier alpha value is -2.87. The van der Waals surface area contributed by atoms with Crippen molar-refractivity contribution < 1.29 is 17.9 Å². The molecule has 1 aliphatic heterocycles. The van der Waals surface area contributed by atoms with Crippen LogP contribution < -0.4 is 10.1 Å². The Bertz CT molecular complexity index is 1240. The number of amides is 1. The molecule has 4 rings (SSSR count). The molecule has 0 aliphatic carbocycles. The van der Waals surface area contributed by atoms with Gasteiger partial charge in [0.1, 0.15) is 12.4 Å². The Balaban J connectivity index is 1.53. The largest absolute Gasteiger partial charge is 0.492 e. The van der Waals surface area contributed by atoms with E-state index < -0.39 is 10.0 Å². The van der Waals surface area contributed by atoms with Crippen molar-refractivity contribution in [3.63, 3.8) is 0 Å². The molecule has 1 aliphatic rings. The maximum absolute atomic E-state index is 13.1. The minimum atomic E-state index is -3.77. The Kier molecular flexibility index (Phi) is 6.50. The van der Waals surface area contributed by atoms with Crippen molar-refractivity contribution in [3.05, 3.63) is 94.0 Å². The van der Waals surface area contributed by atoms with E-state index in [-0.39, 0.29) is 30.5 Å². The van der Waals surface area contributed by atoms with Crippen LogP contribution in [-0.2, 0) is 23.1 Å². The molecule has 1 amide bonds. The van der Waals surface area contributed by atoms with E-state index in [4.69, 9.17) is 16.3 Å². The highest BCUT2D eigenvalue weighted by Gasteiger charge is 2.28. The third-order valence-corrected chi connectivity index (χ3v) is 7.35. The van der Waals surface area contributed by atoms with E-state index in [2.05, 4.69) is 5.32 Å². The number of fused-ring (bicyclic) bond motifs is 1. The van der Waals surface area contributed by atoms with Gasteiger partial charge >= 0.3 is 0 Å². The van der Waals surface area contributed by atoms with E-state index >= 15 is 0 Å². The molecular formula is C24H23ClN2O4S. The monoisotopic (exact) mass is 470 g/mol. The maximum Gasteiger partial charge on any atom is 0.251 e. The molecule has 0 radical (unpaired) electrons. The molecule has 6 nitrogen and oxygen atoms in total. The first-order valence-corrected chi connectivity index (χ1v) is 12.0. The highest BCUT2D eigenvalue weighted by atomic mass is 35.5. The summed E-state index contributed by atoms with van der Waals surface area (Å²) in [6.07, 6.45) is 0. The van der Waals surface area contributed by atoms with Gasteiger partial charge in [0.25, 0.3) is 5.91 Å². The first-order chi connectivity index (χ1) is 15.3. The van der Waals surface area contributed by atoms with E-state index in [0.717, 1.165) is 11.1 Å². The van der Waals surface area contributed by atoms with E-state index in [1.54, 1.807) is 30.3 Å². The second kappa shape index (κ2) is 9.32. The van der Waals surface area contributed by atoms with Gasteiger partial charge < -0.3 is 10.1 Å². The molecule has 3 aromatic rings. The zero-order valence-corrected chi connectivity index (χ0v) is 19.1. The standard InChI is InChI=1S/C24H23ClN2O4S/c1-17-5-7-18(8-6-17)15-26-24(28)19-9-10-23-20(13-19)16-27(11-12-31-23)32(29,30)22-4-2-3-21(25)14-22/h2-10,13-14H,11-12,15-16H2,1H3,(H,26,28). The summed E-state index contributed by atoms with van der Waals surface area (Å²) in [4.78, 5) is 12.8. The van der Waals surface area contributed by atoms with Gasteiger partial charge in [-0.15, -0.1) is 0 Å². The number of benzene rings is 3. The molecule has 0 saturated heterocycles. The second-order valence-electron chi connectivity index (χ2n) is 7.64. The lowest BCUT2D eigenvalue weighted by Crippen LogP contribution is -2.32. The zero-order chi connectivity index (χ0) is 22.7. The number of nitrogens with zero attached hydrogens (tertiary/aromatic N) is 1. The molecule has 1 N–H and O–H groups in total. The fraction of sp³-hybridized carbons (Fsp3) is 0.208. The number of aryl methyl sites for hydroxylation is 1. The van der Waals surface area contributed by atoms with Gasteiger partial charge in [0.2, 0.25) is 10.0 Å². The highest BCUT2D eigenvalue weighted by Crippen LogP contribution is 2.28. The van der Waals surface area contributed by atoms with Gasteiger partial charge in [-0.3, -0.25) is 4.79 Å². The van der Waals surface area contributed by atoms with Gasteiger partial charge in [-0.05, 0) is 48.9 Å². The molecule has 0 saturated carbocycles. The number of carbonyl (C=O) groups excluding carboxylic acids is 1. The van der Waals surface area contributed by atoms with Crippen LogP contribution in [0.15, 0.2) is 71.6 Å². The number of nitrogens with one attached hydrogen (secondary N) is 1. The van der Waals surface area contributed by atoms with Crippen LogP contribution in [0, 0.1) is 6.92 Å². The average molecular weight is 471 g/mol. The highest BCUT2D eigenvalue weighted by molar-refractivity contribution is 7.89. The molecular weight excluding hydrogens is 448 g/mol. The molecule has 0 aromatic heterocycles. The van der Waals surface area contributed by atoms with Gasteiger partial charge in [-0.1, -0.05) is 47.5 Å². The molecule has 0 fully saturated rings. The van der Waals surface area contributed by atoms with Crippen molar-refractivity contribution in [2.45, 2.75) is 24.9 Å². The van der Waals surface area contributed by atoms with Crippen LogP contribution >= 0.6 is 11.6 Å². The Labute approximate surface area is 192 Å². The van der Waals surface area contributed by atoms with Crippen LogP contribution in [0.2, 0.25) is 5.02 Å². The molecule has 0 atom stereocenters. The van der Waals surface area contributed by atoms with E-state index in [0.29, 0.717) is 28.4 Å². The van der Waals surface area contributed by atoms with Crippen LogP contribution in [0.4, 0.5) is 0 Å². The molecule has 0 bridgehead atoms. The summed E-state index contributed by atoms with van der Waals surface area (Å²) < 4.78 is 33.4. The summed E-state index contributed by atoms with van der Waals surface area (Å²) in [5, 5.41) is 3.26. The predicted octanol–water partition coefficient (Wildman–Crippen LogP) is 4.16. The lowest BCUT2D eigenvalue weighted by Gasteiger charge is -2.20. The third-order valence-electron chi connectivity index (χ3n) is 5.28. The number of halogens is 1. The van der Waals surface area contributed by atoms with Gasteiger partial charge in [0.15, 0.2) is 0 Å². The molecule has 166 valence electrons. The molecule has 0 spiro atoms.